The van der Waals surface area contributed by atoms with Gasteiger partial charge in [0.1, 0.15) is 0 Å². The van der Waals surface area contributed by atoms with Crippen molar-refractivity contribution in [2.75, 3.05) is 0 Å². The maximum Gasteiger partial charge on any atom is 0 e. The van der Waals surface area contributed by atoms with Gasteiger partial charge in [-0.15, -0.1) is 0 Å². The third-order valence-electron chi connectivity index (χ3n) is 0. The Labute approximate surface area is 90.1 Å². The van der Waals surface area contributed by atoms with Crippen LogP contribution in [0.3, 0.4) is 0 Å². The fraction of sp³-hybridized carbons (Fsp3) is 0. The molecule has 0 N–H and O–H groups in total. The summed E-state index contributed by atoms with van der Waals surface area (Å²) in [4.78, 5) is 0. The SMILES string of the molecule is [Mo].[Pb].[Ta].[W]. The molecule has 0 atom stereocenters. The molecule has 21 valence electrons. The van der Waals surface area contributed by atoms with Gasteiger partial charge >= 0.3 is 0 Å². The first-order valence-corrected chi connectivity index (χ1v) is 0. The largest absolute Gasteiger partial charge is 0 e. The van der Waals surface area contributed by atoms with E-state index in [1.807, 2.05) is 0 Å². The van der Waals surface area contributed by atoms with E-state index in [0.717, 1.165) is 0 Å². The van der Waals surface area contributed by atoms with Crippen LogP contribution in [0.4, 0.5) is 0 Å². The third kappa shape index (κ3) is 8.90. The monoisotopic (exact) mass is 671 g/mol. The Bertz CT molecular complexity index is 8.00. The number of rotatable bonds is 0. The summed E-state index contributed by atoms with van der Waals surface area (Å²) in [5.41, 5.74) is 0. The van der Waals surface area contributed by atoms with Crippen LogP contribution in [0.1, 0.15) is 0 Å². The quantitative estimate of drug-likeness (QED) is 0.309. The summed E-state index contributed by atoms with van der Waals surface area (Å²) in [5.74, 6) is 0. The van der Waals surface area contributed by atoms with E-state index in [4.69, 9.17) is 0 Å². The van der Waals surface area contributed by atoms with Crippen molar-refractivity contribution in [3.8, 4) is 0 Å². The molecule has 0 saturated heterocycles. The van der Waals surface area contributed by atoms with Crippen LogP contribution in [0.25, 0.3) is 0 Å². The minimum atomic E-state index is 0. The fourth-order valence-corrected chi connectivity index (χ4v) is 0. The molecular weight excluding hydrogens is 668 g/mol. The minimum Gasteiger partial charge on any atom is 0 e. The van der Waals surface area contributed by atoms with E-state index in [-0.39, 0.29) is 91.8 Å². The molecule has 0 aliphatic heterocycles. The van der Waals surface area contributed by atoms with Gasteiger partial charge in [0.2, 0.25) is 0 Å². The van der Waals surface area contributed by atoms with Crippen LogP contribution in [0, 0.1) is 0 Å². The molecular formula is MoPbTaW. The van der Waals surface area contributed by atoms with Crippen molar-refractivity contribution in [1.29, 1.82) is 0 Å². The Balaban J connectivity index is 0. The Morgan fingerprint density at radius 2 is 1.00 bits per heavy atom. The Morgan fingerprint density at radius 3 is 1.00 bits per heavy atom. The molecule has 0 aliphatic rings. The molecule has 4 heteroatoms. The first-order chi connectivity index (χ1) is 0. The molecule has 0 aromatic heterocycles. The average molecular weight is 668 g/mol. The summed E-state index contributed by atoms with van der Waals surface area (Å²) in [6.45, 7) is 0. The summed E-state index contributed by atoms with van der Waals surface area (Å²) in [6, 6.07) is 0. The molecule has 0 aliphatic carbocycles. The molecule has 0 amide bonds. The van der Waals surface area contributed by atoms with Crippen molar-refractivity contribution in [3.63, 3.8) is 0 Å². The van der Waals surface area contributed by atoms with Gasteiger partial charge in [-0.25, -0.2) is 0 Å². The van der Waals surface area contributed by atoms with E-state index < -0.39 is 0 Å². The van der Waals surface area contributed by atoms with Crippen LogP contribution in [0.15, 0.2) is 0 Å². The van der Waals surface area contributed by atoms with E-state index in [0.29, 0.717) is 0 Å². The minimum absolute atomic E-state index is 0. The zero-order valence-corrected chi connectivity index (χ0v) is 13.8. The first kappa shape index (κ1) is 27.8. The van der Waals surface area contributed by atoms with Crippen molar-refractivity contribution >= 4 is 27.3 Å². The van der Waals surface area contributed by atoms with Crippen LogP contribution >= 0.6 is 0 Å². The van der Waals surface area contributed by atoms with Gasteiger partial charge in [-0.3, -0.25) is 0 Å². The molecule has 0 aromatic carbocycles. The molecule has 4 heavy (non-hydrogen) atoms. The average Bonchev–Trinajstić information content (AvgIpc) is 0. The van der Waals surface area contributed by atoms with Gasteiger partial charge in [0.15, 0.2) is 0 Å². The summed E-state index contributed by atoms with van der Waals surface area (Å²) in [5, 5.41) is 0. The normalized spacial score (nSPS) is 0. The second-order valence-corrected chi connectivity index (χ2v) is 0. The second-order valence-electron chi connectivity index (χ2n) is 0. The topological polar surface area (TPSA) is 0 Å². The number of hydrogen-bond donors (Lipinski definition) is 0. The van der Waals surface area contributed by atoms with Crippen molar-refractivity contribution in [1.82, 2.24) is 0 Å². The maximum atomic E-state index is 0. The fourth-order valence-electron chi connectivity index (χ4n) is 0. The van der Waals surface area contributed by atoms with Gasteiger partial charge in [0, 0.05) is 91.8 Å². The molecule has 0 rings (SSSR count). The molecule has 0 bridgehead atoms. The zero-order valence-electron chi connectivity index (χ0n) is 1.76. The van der Waals surface area contributed by atoms with Gasteiger partial charge in [-0.2, -0.15) is 0 Å². The van der Waals surface area contributed by atoms with Crippen LogP contribution in [0.2, 0.25) is 0 Å². The molecule has 0 saturated carbocycles. The third-order valence-corrected chi connectivity index (χ3v) is 0. The number of hydrogen-bond acceptors (Lipinski definition) is 0. The summed E-state index contributed by atoms with van der Waals surface area (Å²) >= 11 is 0. The van der Waals surface area contributed by atoms with E-state index >= 15 is 0 Å². The van der Waals surface area contributed by atoms with E-state index in [1.54, 1.807) is 0 Å². The van der Waals surface area contributed by atoms with E-state index in [9.17, 15) is 0 Å². The second kappa shape index (κ2) is 16.6. The van der Waals surface area contributed by atoms with Crippen LogP contribution in [-0.2, 0) is 64.5 Å². The molecule has 0 unspecified atom stereocenters. The van der Waals surface area contributed by atoms with Crippen LogP contribution in [0.5, 0.6) is 0 Å². The summed E-state index contributed by atoms with van der Waals surface area (Å²) in [7, 11) is 0. The standard InChI is InChI=1S/Mo.Pb.Ta.W. The predicted molar refractivity (Wildman–Crippen MR) is 5.75 cm³/mol. The van der Waals surface area contributed by atoms with Crippen molar-refractivity contribution in [2.24, 2.45) is 0 Å². The molecule has 5 radical (unpaired) electrons. The molecule has 0 aromatic rings. The van der Waals surface area contributed by atoms with Crippen LogP contribution in [-0.4, -0.2) is 27.3 Å². The Morgan fingerprint density at radius 1 is 1.00 bits per heavy atom. The van der Waals surface area contributed by atoms with Gasteiger partial charge in [-0.1, -0.05) is 0 Å². The maximum absolute atomic E-state index is 0. The summed E-state index contributed by atoms with van der Waals surface area (Å²) < 4.78 is 0. The smallest absolute Gasteiger partial charge is 0 e. The first-order valence-electron chi connectivity index (χ1n) is 0. The molecule has 0 heterocycles. The molecule has 0 fully saturated rings. The Kier molecular flexibility index (Phi) is 115. The summed E-state index contributed by atoms with van der Waals surface area (Å²) in [6.07, 6.45) is 0. The van der Waals surface area contributed by atoms with Gasteiger partial charge in [0.25, 0.3) is 0 Å². The zero-order chi connectivity index (χ0) is 0. The molecule has 0 spiro atoms. The van der Waals surface area contributed by atoms with Crippen molar-refractivity contribution < 1.29 is 64.5 Å². The van der Waals surface area contributed by atoms with Gasteiger partial charge < -0.3 is 0 Å². The van der Waals surface area contributed by atoms with Gasteiger partial charge in [0.05, 0.1) is 0 Å². The van der Waals surface area contributed by atoms with Crippen molar-refractivity contribution in [2.45, 2.75) is 0 Å². The van der Waals surface area contributed by atoms with Crippen LogP contribution < -0.4 is 0 Å². The van der Waals surface area contributed by atoms with Crippen molar-refractivity contribution in [3.05, 3.63) is 0 Å². The predicted octanol–water partition coefficient (Wildman–Crippen LogP) is -0.388. The Hall–Kier alpha value is 3.04. The van der Waals surface area contributed by atoms with Gasteiger partial charge in [-0.05, 0) is 0 Å². The molecule has 0 nitrogen and oxygen atoms in total. The van der Waals surface area contributed by atoms with E-state index in [1.165, 1.54) is 0 Å². The van der Waals surface area contributed by atoms with E-state index in [2.05, 4.69) is 0 Å².